The van der Waals surface area contributed by atoms with Gasteiger partial charge in [-0.05, 0) is 53.6 Å². The number of fused-ring (bicyclic) bond motifs is 1. The second-order valence-electron chi connectivity index (χ2n) is 7.57. The molecule has 0 unspecified atom stereocenters. The second kappa shape index (κ2) is 9.35. The van der Waals surface area contributed by atoms with Crippen LogP contribution in [0.1, 0.15) is 35.8 Å². The summed E-state index contributed by atoms with van der Waals surface area (Å²) in [5.74, 6) is 0.639. The molecule has 0 saturated heterocycles. The molecule has 0 aliphatic carbocycles. The highest BCUT2D eigenvalue weighted by Crippen LogP contribution is 2.30. The number of hydrogen-bond acceptors (Lipinski definition) is 3. The number of anilines is 1. The van der Waals surface area contributed by atoms with Crippen LogP contribution in [0.15, 0.2) is 91.0 Å². The minimum absolute atomic E-state index is 0.168. The minimum Gasteiger partial charge on any atom is -0.455 e. The molecule has 2 N–H and O–H groups in total. The molecule has 4 aromatic rings. The van der Waals surface area contributed by atoms with Crippen LogP contribution in [-0.2, 0) is 4.79 Å². The summed E-state index contributed by atoms with van der Waals surface area (Å²) in [7, 11) is 0. The Morgan fingerprint density at radius 3 is 2.41 bits per heavy atom. The van der Waals surface area contributed by atoms with Gasteiger partial charge >= 0.3 is 0 Å². The molecule has 4 rings (SSSR count). The molecule has 32 heavy (non-hydrogen) atoms. The summed E-state index contributed by atoms with van der Waals surface area (Å²) in [6.45, 7) is 3.42. The first-order valence-electron chi connectivity index (χ1n) is 10.4. The molecule has 0 fully saturated rings. The van der Waals surface area contributed by atoms with Crippen molar-refractivity contribution in [2.75, 3.05) is 5.32 Å². The largest absolute Gasteiger partial charge is 0.455 e. The van der Waals surface area contributed by atoms with Gasteiger partial charge in [0.25, 0.3) is 5.91 Å². The van der Waals surface area contributed by atoms with Crippen LogP contribution >= 0.6 is 0 Å². The van der Waals surface area contributed by atoms with Gasteiger partial charge in [0.1, 0.15) is 5.75 Å². The molecule has 5 heteroatoms. The van der Waals surface area contributed by atoms with E-state index in [0.717, 1.165) is 16.3 Å². The standard InChI is InChI=1S/C27H24N2O3/c1-18(23-14-8-10-20-9-3-4-13-24(20)23)28-27(31)21-11-7-12-22(17-21)32-26-16-6-5-15-25(26)29-19(2)30/h3-18H,1-2H3,(H,28,31)(H,29,30)/t18-/m1/s1. The Balaban J connectivity index is 1.52. The van der Waals surface area contributed by atoms with E-state index in [1.54, 1.807) is 36.4 Å². The molecular weight excluding hydrogens is 400 g/mol. The van der Waals surface area contributed by atoms with Crippen molar-refractivity contribution in [2.45, 2.75) is 19.9 Å². The lowest BCUT2D eigenvalue weighted by Gasteiger charge is -2.17. The number of para-hydroxylation sites is 2. The van der Waals surface area contributed by atoms with Gasteiger partial charge in [-0.3, -0.25) is 9.59 Å². The van der Waals surface area contributed by atoms with E-state index in [9.17, 15) is 9.59 Å². The fraction of sp³-hybridized carbons (Fsp3) is 0.111. The first-order chi connectivity index (χ1) is 15.5. The maximum atomic E-state index is 13.0. The molecule has 4 aromatic carbocycles. The minimum atomic E-state index is -0.189. The smallest absolute Gasteiger partial charge is 0.251 e. The Bertz CT molecular complexity index is 1280. The van der Waals surface area contributed by atoms with E-state index >= 15 is 0 Å². The molecule has 0 saturated carbocycles. The van der Waals surface area contributed by atoms with Gasteiger partial charge in [0, 0.05) is 12.5 Å². The van der Waals surface area contributed by atoms with Crippen LogP contribution in [0.25, 0.3) is 10.8 Å². The number of carbonyl (C=O) groups excluding carboxylic acids is 2. The first-order valence-corrected chi connectivity index (χ1v) is 10.4. The van der Waals surface area contributed by atoms with Crippen molar-refractivity contribution in [1.82, 2.24) is 5.32 Å². The third-order valence-corrected chi connectivity index (χ3v) is 5.16. The molecule has 0 heterocycles. The summed E-state index contributed by atoms with van der Waals surface area (Å²) in [4.78, 5) is 24.4. The molecular formula is C27H24N2O3. The van der Waals surface area contributed by atoms with Crippen LogP contribution in [0, 0.1) is 0 Å². The molecule has 160 valence electrons. The van der Waals surface area contributed by atoms with Crippen molar-refractivity contribution >= 4 is 28.3 Å². The monoisotopic (exact) mass is 424 g/mol. The SMILES string of the molecule is CC(=O)Nc1ccccc1Oc1cccc(C(=O)N[C@H](C)c2cccc3ccccc23)c1. The summed E-state index contributed by atoms with van der Waals surface area (Å²) in [5, 5.41) is 8.09. The Kier molecular flexibility index (Phi) is 6.17. The summed E-state index contributed by atoms with van der Waals surface area (Å²) in [6.07, 6.45) is 0. The van der Waals surface area contributed by atoms with Crippen molar-refractivity contribution in [1.29, 1.82) is 0 Å². The van der Waals surface area contributed by atoms with E-state index in [-0.39, 0.29) is 17.9 Å². The molecule has 0 spiro atoms. The molecule has 1 atom stereocenters. The number of hydrogen-bond donors (Lipinski definition) is 2. The van der Waals surface area contributed by atoms with Gasteiger partial charge in [-0.15, -0.1) is 0 Å². The third kappa shape index (κ3) is 4.78. The van der Waals surface area contributed by atoms with Gasteiger partial charge in [0.05, 0.1) is 11.7 Å². The normalized spacial score (nSPS) is 11.6. The Morgan fingerprint density at radius 2 is 1.56 bits per heavy atom. The van der Waals surface area contributed by atoms with E-state index in [0.29, 0.717) is 22.7 Å². The zero-order valence-corrected chi connectivity index (χ0v) is 18.0. The quantitative estimate of drug-likeness (QED) is 0.394. The van der Waals surface area contributed by atoms with E-state index in [1.165, 1.54) is 6.92 Å². The summed E-state index contributed by atoms with van der Waals surface area (Å²) in [5.41, 5.74) is 2.12. The number of amides is 2. The molecule has 2 amide bonds. The average molecular weight is 425 g/mol. The maximum Gasteiger partial charge on any atom is 0.251 e. The Hall–Kier alpha value is -4.12. The topological polar surface area (TPSA) is 67.4 Å². The highest BCUT2D eigenvalue weighted by Gasteiger charge is 2.15. The second-order valence-corrected chi connectivity index (χ2v) is 7.57. The Labute approximate surface area is 187 Å². The fourth-order valence-corrected chi connectivity index (χ4v) is 3.66. The average Bonchev–Trinajstić information content (AvgIpc) is 2.80. The number of rotatable bonds is 6. The van der Waals surface area contributed by atoms with Crippen LogP contribution in [0.3, 0.4) is 0 Å². The van der Waals surface area contributed by atoms with Crippen molar-refractivity contribution in [3.05, 3.63) is 102 Å². The van der Waals surface area contributed by atoms with Gasteiger partial charge in [-0.25, -0.2) is 0 Å². The predicted octanol–water partition coefficient (Wildman–Crippen LogP) is 6.08. The first kappa shape index (κ1) is 21.1. The van der Waals surface area contributed by atoms with Gasteiger partial charge in [-0.1, -0.05) is 60.7 Å². The van der Waals surface area contributed by atoms with Crippen LogP contribution in [-0.4, -0.2) is 11.8 Å². The van der Waals surface area contributed by atoms with E-state index in [4.69, 9.17) is 4.74 Å². The summed E-state index contributed by atoms with van der Waals surface area (Å²) >= 11 is 0. The van der Waals surface area contributed by atoms with Gasteiger partial charge in [0.2, 0.25) is 5.91 Å². The number of carbonyl (C=O) groups is 2. The zero-order chi connectivity index (χ0) is 22.5. The lowest BCUT2D eigenvalue weighted by molar-refractivity contribution is -0.114. The van der Waals surface area contributed by atoms with Crippen LogP contribution < -0.4 is 15.4 Å². The van der Waals surface area contributed by atoms with Crippen LogP contribution in [0.2, 0.25) is 0 Å². The molecule has 0 bridgehead atoms. The van der Waals surface area contributed by atoms with Gasteiger partial charge < -0.3 is 15.4 Å². The van der Waals surface area contributed by atoms with Gasteiger partial charge in [-0.2, -0.15) is 0 Å². The number of ether oxygens (including phenoxy) is 1. The van der Waals surface area contributed by atoms with Gasteiger partial charge in [0.15, 0.2) is 5.75 Å². The lowest BCUT2D eigenvalue weighted by Crippen LogP contribution is -2.26. The molecule has 5 nitrogen and oxygen atoms in total. The predicted molar refractivity (Wildman–Crippen MR) is 127 cm³/mol. The van der Waals surface area contributed by atoms with E-state index in [2.05, 4.69) is 28.8 Å². The summed E-state index contributed by atoms with van der Waals surface area (Å²) < 4.78 is 5.95. The van der Waals surface area contributed by atoms with Crippen molar-refractivity contribution in [3.63, 3.8) is 0 Å². The van der Waals surface area contributed by atoms with Crippen molar-refractivity contribution in [2.24, 2.45) is 0 Å². The van der Waals surface area contributed by atoms with Crippen molar-refractivity contribution < 1.29 is 14.3 Å². The Morgan fingerprint density at radius 1 is 0.844 bits per heavy atom. The fourth-order valence-electron chi connectivity index (χ4n) is 3.66. The van der Waals surface area contributed by atoms with E-state index in [1.807, 2.05) is 43.3 Å². The van der Waals surface area contributed by atoms with Crippen LogP contribution in [0.5, 0.6) is 11.5 Å². The molecule has 0 aromatic heterocycles. The maximum absolute atomic E-state index is 13.0. The number of benzene rings is 4. The summed E-state index contributed by atoms with van der Waals surface area (Å²) in [6, 6.07) is 28.2. The lowest BCUT2D eigenvalue weighted by atomic mass is 9.99. The van der Waals surface area contributed by atoms with E-state index < -0.39 is 0 Å². The molecule has 0 radical (unpaired) electrons. The van der Waals surface area contributed by atoms with Crippen LogP contribution in [0.4, 0.5) is 5.69 Å². The molecule has 0 aliphatic heterocycles. The highest BCUT2D eigenvalue weighted by atomic mass is 16.5. The third-order valence-electron chi connectivity index (χ3n) is 5.16. The van der Waals surface area contributed by atoms with Crippen molar-refractivity contribution in [3.8, 4) is 11.5 Å². The number of nitrogens with one attached hydrogen (secondary N) is 2. The zero-order valence-electron chi connectivity index (χ0n) is 18.0. The highest BCUT2D eigenvalue weighted by molar-refractivity contribution is 5.95. The molecule has 0 aliphatic rings.